The summed E-state index contributed by atoms with van der Waals surface area (Å²) in [4.78, 5) is 4.19. The second-order valence-electron chi connectivity index (χ2n) is 6.57. The smallest absolute Gasteiger partial charge is 0.321 e. The molecule has 0 aliphatic rings. The minimum Gasteiger partial charge on any atom is -0.497 e. The highest BCUT2D eigenvalue weighted by Crippen LogP contribution is 2.36. The van der Waals surface area contributed by atoms with Crippen LogP contribution in [0.2, 0.25) is 0 Å². The first-order chi connectivity index (χ1) is 14.9. The number of halogens is 1. The van der Waals surface area contributed by atoms with Gasteiger partial charge in [-0.25, -0.2) is 12.8 Å². The molecule has 0 amide bonds. The molecule has 4 rings (SSSR count). The molecule has 0 saturated heterocycles. The van der Waals surface area contributed by atoms with E-state index in [-0.39, 0.29) is 10.7 Å². The van der Waals surface area contributed by atoms with Crippen molar-refractivity contribution in [3.63, 3.8) is 0 Å². The lowest BCUT2D eigenvalue weighted by Gasteiger charge is -2.04. The molecule has 0 aliphatic heterocycles. The number of ether oxygens (including phenoxy) is 2. The van der Waals surface area contributed by atoms with E-state index in [0.717, 1.165) is 12.1 Å². The van der Waals surface area contributed by atoms with E-state index >= 15 is 0 Å². The quantitative estimate of drug-likeness (QED) is 0.394. The molecule has 0 fully saturated rings. The second kappa shape index (κ2) is 8.23. The Balaban J connectivity index is 1.87. The number of hydrogen-bond acceptors (Lipinski definition) is 6. The third kappa shape index (κ3) is 4.02. The highest BCUT2D eigenvalue weighted by atomic mass is 32.2. The van der Waals surface area contributed by atoms with E-state index in [2.05, 4.69) is 4.98 Å². The van der Waals surface area contributed by atoms with Gasteiger partial charge in [0.15, 0.2) is 5.76 Å². The predicted molar refractivity (Wildman–Crippen MR) is 112 cm³/mol. The molecule has 0 unspecified atom stereocenters. The summed E-state index contributed by atoms with van der Waals surface area (Å²) in [5, 5.41) is -0.476. The maximum absolute atomic E-state index is 13.3. The standard InChI is InChI=1S/C23H18FNO5S/c1-28-18-9-3-15(4-10-18)21-22(16-5-11-19(29-2)12-6-16)30-23(25-21)31(26,27)20-13-7-17(24)8-14-20/h3-14H,1-2H3. The van der Waals surface area contributed by atoms with Gasteiger partial charge in [-0.2, -0.15) is 4.98 Å². The molecular formula is C23H18FNO5S. The zero-order chi connectivity index (χ0) is 22.0. The minimum atomic E-state index is -4.09. The van der Waals surface area contributed by atoms with E-state index < -0.39 is 20.9 Å². The Morgan fingerprint density at radius 1 is 0.774 bits per heavy atom. The third-order valence-corrected chi connectivity index (χ3v) is 6.20. The maximum atomic E-state index is 13.3. The highest BCUT2D eigenvalue weighted by molar-refractivity contribution is 7.91. The Morgan fingerprint density at radius 2 is 1.29 bits per heavy atom. The van der Waals surface area contributed by atoms with Gasteiger partial charge in [-0.3, -0.25) is 0 Å². The summed E-state index contributed by atoms with van der Waals surface area (Å²) in [6.07, 6.45) is 0. The number of nitrogens with zero attached hydrogens (tertiary/aromatic N) is 1. The van der Waals surface area contributed by atoms with E-state index in [1.807, 2.05) is 0 Å². The summed E-state index contributed by atoms with van der Waals surface area (Å²) in [6, 6.07) is 18.5. The Morgan fingerprint density at radius 3 is 1.81 bits per heavy atom. The largest absolute Gasteiger partial charge is 0.497 e. The van der Waals surface area contributed by atoms with Crippen molar-refractivity contribution in [3.8, 4) is 34.1 Å². The number of hydrogen-bond donors (Lipinski definition) is 0. The van der Waals surface area contributed by atoms with Gasteiger partial charge in [-0.05, 0) is 72.8 Å². The highest BCUT2D eigenvalue weighted by Gasteiger charge is 2.28. The molecule has 0 aliphatic carbocycles. The Hall–Kier alpha value is -3.65. The summed E-state index contributed by atoms with van der Waals surface area (Å²) in [6.45, 7) is 0. The van der Waals surface area contributed by atoms with E-state index in [9.17, 15) is 12.8 Å². The molecule has 6 nitrogen and oxygen atoms in total. The fraction of sp³-hybridized carbons (Fsp3) is 0.0870. The van der Waals surface area contributed by atoms with E-state index in [1.54, 1.807) is 62.8 Å². The number of methoxy groups -OCH3 is 2. The number of rotatable bonds is 6. The van der Waals surface area contributed by atoms with Crippen LogP contribution in [0.4, 0.5) is 4.39 Å². The molecule has 31 heavy (non-hydrogen) atoms. The SMILES string of the molecule is COc1ccc(-c2nc(S(=O)(=O)c3ccc(F)cc3)oc2-c2ccc(OC)cc2)cc1. The minimum absolute atomic E-state index is 0.113. The van der Waals surface area contributed by atoms with E-state index in [0.29, 0.717) is 28.3 Å². The van der Waals surface area contributed by atoms with Crippen molar-refractivity contribution in [1.82, 2.24) is 4.98 Å². The lowest BCUT2D eigenvalue weighted by molar-refractivity contribution is 0.414. The van der Waals surface area contributed by atoms with Gasteiger partial charge in [0.2, 0.25) is 0 Å². The van der Waals surface area contributed by atoms with Crippen LogP contribution >= 0.6 is 0 Å². The monoisotopic (exact) mass is 439 g/mol. The van der Waals surface area contributed by atoms with Crippen molar-refractivity contribution in [2.45, 2.75) is 10.1 Å². The fourth-order valence-corrected chi connectivity index (χ4v) is 4.11. The molecule has 0 radical (unpaired) electrons. The van der Waals surface area contributed by atoms with Gasteiger partial charge in [-0.1, -0.05) is 0 Å². The molecular weight excluding hydrogens is 421 g/mol. The van der Waals surface area contributed by atoms with Crippen LogP contribution in [0.3, 0.4) is 0 Å². The van der Waals surface area contributed by atoms with Gasteiger partial charge in [0.05, 0.1) is 19.1 Å². The molecule has 158 valence electrons. The topological polar surface area (TPSA) is 78.6 Å². The summed E-state index contributed by atoms with van der Waals surface area (Å²) in [5.41, 5.74) is 1.63. The van der Waals surface area contributed by atoms with Crippen LogP contribution in [-0.4, -0.2) is 27.6 Å². The zero-order valence-corrected chi connectivity index (χ0v) is 17.5. The van der Waals surface area contributed by atoms with Crippen LogP contribution in [-0.2, 0) is 9.84 Å². The molecule has 0 saturated carbocycles. The van der Waals surface area contributed by atoms with Crippen molar-refractivity contribution in [2.24, 2.45) is 0 Å². The second-order valence-corrected chi connectivity index (χ2v) is 8.40. The van der Waals surface area contributed by atoms with Gasteiger partial charge >= 0.3 is 5.22 Å². The maximum Gasteiger partial charge on any atom is 0.321 e. The van der Waals surface area contributed by atoms with Crippen LogP contribution in [0.15, 0.2) is 87.3 Å². The average Bonchev–Trinajstić information content (AvgIpc) is 3.26. The molecule has 0 N–H and O–H groups in total. The normalized spacial score (nSPS) is 11.3. The van der Waals surface area contributed by atoms with Crippen LogP contribution in [0.1, 0.15) is 0 Å². The van der Waals surface area contributed by atoms with Gasteiger partial charge in [0.25, 0.3) is 9.84 Å². The first kappa shape index (κ1) is 20.6. The number of benzene rings is 3. The van der Waals surface area contributed by atoms with Crippen molar-refractivity contribution < 1.29 is 26.7 Å². The molecule has 4 aromatic rings. The van der Waals surface area contributed by atoms with Gasteiger partial charge in [0, 0.05) is 11.1 Å². The molecule has 1 aromatic heterocycles. The van der Waals surface area contributed by atoms with Crippen LogP contribution in [0, 0.1) is 5.82 Å². The van der Waals surface area contributed by atoms with Crippen molar-refractivity contribution >= 4 is 9.84 Å². The fourth-order valence-electron chi connectivity index (χ4n) is 3.01. The predicted octanol–water partition coefficient (Wildman–Crippen LogP) is 5.00. The first-order valence-corrected chi connectivity index (χ1v) is 10.7. The third-order valence-electron chi connectivity index (χ3n) is 4.68. The Bertz CT molecular complexity index is 1230. The lowest BCUT2D eigenvalue weighted by Crippen LogP contribution is -2.02. The zero-order valence-electron chi connectivity index (χ0n) is 16.7. The van der Waals surface area contributed by atoms with Crippen molar-refractivity contribution in [1.29, 1.82) is 0 Å². The Labute approximate surface area is 178 Å². The van der Waals surface area contributed by atoms with Crippen molar-refractivity contribution in [2.75, 3.05) is 14.2 Å². The number of sulfone groups is 1. The Kier molecular flexibility index (Phi) is 5.48. The summed E-state index contributed by atoms with van der Waals surface area (Å²) in [5.74, 6) is 1.04. The van der Waals surface area contributed by atoms with Crippen LogP contribution in [0.25, 0.3) is 22.6 Å². The molecule has 0 spiro atoms. The van der Waals surface area contributed by atoms with E-state index in [1.165, 1.54) is 12.1 Å². The number of aromatic nitrogens is 1. The van der Waals surface area contributed by atoms with Crippen molar-refractivity contribution in [3.05, 3.63) is 78.6 Å². The summed E-state index contributed by atoms with van der Waals surface area (Å²) < 4.78 is 55.5. The average molecular weight is 439 g/mol. The molecule has 3 aromatic carbocycles. The lowest BCUT2D eigenvalue weighted by atomic mass is 10.1. The van der Waals surface area contributed by atoms with Gasteiger partial charge < -0.3 is 13.9 Å². The summed E-state index contributed by atoms with van der Waals surface area (Å²) in [7, 11) is -0.981. The van der Waals surface area contributed by atoms with Gasteiger partial charge in [-0.15, -0.1) is 0 Å². The molecule has 8 heteroatoms. The first-order valence-electron chi connectivity index (χ1n) is 9.22. The van der Waals surface area contributed by atoms with E-state index in [4.69, 9.17) is 13.9 Å². The van der Waals surface area contributed by atoms with Crippen LogP contribution < -0.4 is 9.47 Å². The summed E-state index contributed by atoms with van der Waals surface area (Å²) >= 11 is 0. The van der Waals surface area contributed by atoms with Gasteiger partial charge in [0.1, 0.15) is 23.0 Å². The molecule has 0 bridgehead atoms. The molecule has 0 atom stereocenters. The van der Waals surface area contributed by atoms with Crippen LogP contribution in [0.5, 0.6) is 11.5 Å². The molecule has 1 heterocycles. The number of oxazole rings is 1.